The van der Waals surface area contributed by atoms with Gasteiger partial charge in [-0.25, -0.2) is 18.0 Å². The molecule has 2 heterocycles. The van der Waals surface area contributed by atoms with Crippen LogP contribution in [0.15, 0.2) is 42.5 Å². The van der Waals surface area contributed by atoms with Gasteiger partial charge in [0.05, 0.1) is 7.39 Å². The molecule has 3 aromatic rings. The van der Waals surface area contributed by atoms with Crippen molar-refractivity contribution in [2.75, 3.05) is 6.54 Å². The number of halogens is 3. The van der Waals surface area contributed by atoms with Crippen molar-refractivity contribution in [2.24, 2.45) is 0 Å². The summed E-state index contributed by atoms with van der Waals surface area (Å²) in [5.74, 6) is -3.26. The first-order valence-electron chi connectivity index (χ1n) is 10.9. The molecule has 168 valence electrons. The molecule has 4 nitrogen and oxygen atoms in total. The van der Waals surface area contributed by atoms with E-state index in [-0.39, 0.29) is 18.2 Å². The molecule has 7 heteroatoms. The number of benzene rings is 2. The molecule has 4 rings (SSSR count). The van der Waals surface area contributed by atoms with E-state index in [1.165, 1.54) is 18.7 Å². The highest BCUT2D eigenvalue weighted by atomic mass is 19.1. The molecular weight excluding hydrogens is 417 g/mol. The van der Waals surface area contributed by atoms with E-state index >= 15 is 8.78 Å². The van der Waals surface area contributed by atoms with Crippen LogP contribution < -0.4 is 0 Å². The number of hydrogen-bond donors (Lipinski definition) is 2. The molecule has 2 N–H and O–H groups in total. The number of aromatic amines is 1. The van der Waals surface area contributed by atoms with Gasteiger partial charge in [-0.1, -0.05) is 18.2 Å². The van der Waals surface area contributed by atoms with E-state index in [9.17, 15) is 10.6 Å². The van der Waals surface area contributed by atoms with Crippen molar-refractivity contribution in [3.63, 3.8) is 0 Å². The second kappa shape index (κ2) is 8.13. The maximum atomic E-state index is 15.5. The summed E-state index contributed by atoms with van der Waals surface area (Å²) in [6, 6.07) is 6.94. The fourth-order valence-electron chi connectivity index (χ4n) is 4.38. The van der Waals surface area contributed by atoms with Crippen LogP contribution in [0.1, 0.15) is 50.5 Å². The quantitative estimate of drug-likeness (QED) is 0.503. The van der Waals surface area contributed by atoms with Gasteiger partial charge in [0.15, 0.2) is 0 Å². The maximum Gasteiger partial charge on any atom is 0.328 e. The predicted molar refractivity (Wildman–Crippen MR) is 118 cm³/mol. The van der Waals surface area contributed by atoms with Crippen LogP contribution in [-0.4, -0.2) is 39.2 Å². The number of carboxylic acids is 1. The van der Waals surface area contributed by atoms with Gasteiger partial charge < -0.3 is 10.1 Å². The second-order valence-electron chi connectivity index (χ2n) is 8.80. The van der Waals surface area contributed by atoms with Crippen molar-refractivity contribution < 1.29 is 24.4 Å². The molecule has 0 spiro atoms. The smallest absolute Gasteiger partial charge is 0.328 e. The fourth-order valence-corrected chi connectivity index (χ4v) is 4.38. The third-order valence-electron chi connectivity index (χ3n) is 5.64. The van der Waals surface area contributed by atoms with Gasteiger partial charge in [0, 0.05) is 40.8 Å². The Kier molecular flexibility index (Phi) is 5.29. The Balaban J connectivity index is 1.99. The Morgan fingerprint density at radius 3 is 2.59 bits per heavy atom. The number of para-hydroxylation sites is 1. The van der Waals surface area contributed by atoms with Crippen molar-refractivity contribution in [1.29, 1.82) is 0 Å². The monoisotopic (exact) mass is 443 g/mol. The minimum atomic E-state index is -2.07. The summed E-state index contributed by atoms with van der Waals surface area (Å²) in [5, 5.41) is 9.67. The van der Waals surface area contributed by atoms with Crippen molar-refractivity contribution in [2.45, 2.75) is 44.9 Å². The van der Waals surface area contributed by atoms with Gasteiger partial charge in [-0.2, -0.15) is 0 Å². The molecule has 1 aliphatic rings. The molecule has 0 fully saturated rings. The van der Waals surface area contributed by atoms with E-state index in [1.54, 1.807) is 0 Å². The van der Waals surface area contributed by atoms with Gasteiger partial charge in [0.1, 0.15) is 17.3 Å². The van der Waals surface area contributed by atoms with Crippen LogP contribution in [0.5, 0.6) is 0 Å². The lowest BCUT2D eigenvalue weighted by atomic mass is 9.87. The number of nitrogens with zero attached hydrogens (tertiary/aromatic N) is 1. The number of fused-ring (bicyclic) bond motifs is 3. The number of nitrogens with one attached hydrogen (secondary N) is 1. The highest BCUT2D eigenvalue weighted by molar-refractivity contribution is 5.86. The highest BCUT2D eigenvalue weighted by Gasteiger charge is 2.40. The van der Waals surface area contributed by atoms with E-state index in [4.69, 9.17) is 5.11 Å². The van der Waals surface area contributed by atoms with Crippen LogP contribution in [0.3, 0.4) is 0 Å². The molecule has 0 amide bonds. The minimum absolute atomic E-state index is 0.0119. The zero-order valence-corrected chi connectivity index (χ0v) is 18.0. The van der Waals surface area contributed by atoms with Crippen LogP contribution >= 0.6 is 0 Å². The van der Waals surface area contributed by atoms with E-state index in [0.717, 1.165) is 40.8 Å². The molecular formula is C25H25F3N2O2. The summed E-state index contributed by atoms with van der Waals surface area (Å²) >= 11 is 0. The molecule has 0 unspecified atom stereocenters. The molecule has 1 aromatic heterocycles. The van der Waals surface area contributed by atoms with E-state index < -0.39 is 34.9 Å². The number of aliphatic carboxylic acids is 1. The molecule has 0 bridgehead atoms. The maximum absolute atomic E-state index is 15.5. The van der Waals surface area contributed by atoms with Crippen molar-refractivity contribution >= 4 is 22.9 Å². The summed E-state index contributed by atoms with van der Waals surface area (Å²) in [4.78, 5) is 15.5. The van der Waals surface area contributed by atoms with Gasteiger partial charge >= 0.3 is 5.97 Å². The van der Waals surface area contributed by atoms with Crippen LogP contribution in [0.4, 0.5) is 13.2 Å². The Morgan fingerprint density at radius 1 is 1.31 bits per heavy atom. The standard InChI is InChI=1S/C25H25F3N2O2/c1-14-10-17-16-6-4-5-7-20(16)29-23(17)24(30(14)13-25(2,3)28)22-18(26)11-15(12-19(22)27)8-9-21(31)32/h4-9,11-12,14,24,29H,10,13H2,1-3H3,(H,31,32)/t14-,24+/m1/s1/i24D. The number of aromatic nitrogens is 1. The van der Waals surface area contributed by atoms with E-state index in [0.29, 0.717) is 12.1 Å². The first kappa shape index (κ1) is 20.8. The Bertz CT molecular complexity index is 1240. The van der Waals surface area contributed by atoms with Crippen LogP contribution in [0.2, 0.25) is 0 Å². The first-order chi connectivity index (χ1) is 15.4. The summed E-state index contributed by atoms with van der Waals surface area (Å²) in [5.41, 5.74) is -0.431. The third kappa shape index (κ3) is 4.17. The third-order valence-corrected chi connectivity index (χ3v) is 5.64. The zero-order chi connectivity index (χ0) is 24.1. The molecule has 0 aliphatic carbocycles. The number of rotatable bonds is 5. The normalized spacial score (nSPS) is 22.3. The lowest BCUT2D eigenvalue weighted by Gasteiger charge is -2.43. The van der Waals surface area contributed by atoms with Gasteiger partial charge in [-0.05, 0) is 62.6 Å². The lowest BCUT2D eigenvalue weighted by molar-refractivity contribution is -0.131. The van der Waals surface area contributed by atoms with E-state index in [2.05, 4.69) is 4.98 Å². The van der Waals surface area contributed by atoms with Gasteiger partial charge in [-0.15, -0.1) is 0 Å². The van der Waals surface area contributed by atoms with Crippen molar-refractivity contribution in [3.05, 3.63) is 76.5 Å². The minimum Gasteiger partial charge on any atom is -0.478 e. The molecule has 1 aliphatic heterocycles. The SMILES string of the molecule is [2H][C@]1(c2c(F)cc(C=CC(=O)O)cc2F)c2[nH]c3ccccc3c2C[C@@H](C)N1CC(C)(C)F. The van der Waals surface area contributed by atoms with Gasteiger partial charge in [0.25, 0.3) is 0 Å². The molecule has 2 atom stereocenters. The average molecular weight is 443 g/mol. The lowest BCUT2D eigenvalue weighted by Crippen LogP contribution is -2.48. The molecule has 0 saturated carbocycles. The number of carbonyl (C=O) groups is 1. The average Bonchev–Trinajstić information content (AvgIpc) is 3.08. The summed E-state index contributed by atoms with van der Waals surface area (Å²) < 4.78 is 55.3. The number of H-pyrrole nitrogens is 1. The van der Waals surface area contributed by atoms with Gasteiger partial charge in [0.2, 0.25) is 0 Å². The Hall–Kier alpha value is -3.06. The summed E-state index contributed by atoms with van der Waals surface area (Å²) in [6.45, 7) is 4.34. The molecule has 2 aromatic carbocycles. The molecule has 0 radical (unpaired) electrons. The van der Waals surface area contributed by atoms with Gasteiger partial charge in [-0.3, -0.25) is 4.90 Å². The van der Waals surface area contributed by atoms with Crippen molar-refractivity contribution in [3.8, 4) is 0 Å². The number of carboxylic acid groups (broad SMARTS) is 1. The predicted octanol–water partition coefficient (Wildman–Crippen LogP) is 5.63. The summed E-state index contributed by atoms with van der Waals surface area (Å²) in [6.07, 6.45) is 2.34. The number of alkyl halides is 1. The fraction of sp³-hybridized carbons (Fsp3) is 0.320. The topological polar surface area (TPSA) is 56.3 Å². The Labute approximate surface area is 185 Å². The first-order valence-corrected chi connectivity index (χ1v) is 10.4. The van der Waals surface area contributed by atoms with Crippen LogP contribution in [0, 0.1) is 11.6 Å². The summed E-state index contributed by atoms with van der Waals surface area (Å²) in [7, 11) is 0. The molecule has 0 saturated heterocycles. The van der Waals surface area contributed by atoms with Crippen LogP contribution in [0.25, 0.3) is 17.0 Å². The van der Waals surface area contributed by atoms with Crippen LogP contribution in [-0.2, 0) is 11.2 Å². The largest absolute Gasteiger partial charge is 0.478 e. The number of hydrogen-bond acceptors (Lipinski definition) is 2. The Morgan fingerprint density at radius 2 is 1.97 bits per heavy atom. The molecule has 32 heavy (non-hydrogen) atoms. The van der Waals surface area contributed by atoms with Crippen molar-refractivity contribution in [1.82, 2.24) is 9.88 Å². The highest BCUT2D eigenvalue weighted by Crippen LogP contribution is 2.43. The zero-order valence-electron chi connectivity index (χ0n) is 19.0. The second-order valence-corrected chi connectivity index (χ2v) is 8.80. The van der Waals surface area contributed by atoms with E-state index in [1.807, 2.05) is 31.2 Å².